The number of aromatic nitrogens is 2. The van der Waals surface area contributed by atoms with Crippen molar-refractivity contribution in [2.45, 2.75) is 39.1 Å². The van der Waals surface area contributed by atoms with Crippen LogP contribution in [0.15, 0.2) is 35.2 Å². The number of rotatable bonds is 5. The standard InChI is InChI=1S/C20H20Cl3N3O2S/c1-11-9-19(12(2)8-18(11)23)29(27,28)25-20-13(3)24-26(14(20)4)10-15-16(21)6-5-7-17(15)22/h5-9,25H,10H2,1-4H3. The molecule has 9 heteroatoms. The number of aryl methyl sites for hydroxylation is 3. The molecule has 0 amide bonds. The van der Waals surface area contributed by atoms with Crippen LogP contribution in [0.25, 0.3) is 0 Å². The normalized spacial score (nSPS) is 11.7. The van der Waals surface area contributed by atoms with E-state index in [4.69, 9.17) is 34.8 Å². The van der Waals surface area contributed by atoms with E-state index in [2.05, 4.69) is 9.82 Å². The van der Waals surface area contributed by atoms with Gasteiger partial charge in [-0.15, -0.1) is 0 Å². The van der Waals surface area contributed by atoms with Crippen molar-refractivity contribution >= 4 is 50.5 Å². The average Bonchev–Trinajstić information content (AvgIpc) is 2.88. The topological polar surface area (TPSA) is 64.0 Å². The van der Waals surface area contributed by atoms with E-state index in [1.807, 2.05) is 0 Å². The zero-order chi connectivity index (χ0) is 21.5. The van der Waals surface area contributed by atoms with Crippen molar-refractivity contribution in [1.29, 1.82) is 0 Å². The molecule has 2 aromatic carbocycles. The van der Waals surface area contributed by atoms with Crippen molar-refractivity contribution in [2.75, 3.05) is 4.72 Å². The fraction of sp³-hybridized carbons (Fsp3) is 0.250. The molecule has 1 N–H and O–H groups in total. The van der Waals surface area contributed by atoms with Gasteiger partial charge in [-0.25, -0.2) is 8.42 Å². The Balaban J connectivity index is 1.98. The SMILES string of the molecule is Cc1cc(S(=O)(=O)Nc2c(C)nn(Cc3c(Cl)cccc3Cl)c2C)c(C)cc1Cl. The molecule has 3 aromatic rings. The Bertz CT molecular complexity index is 1180. The van der Waals surface area contributed by atoms with E-state index in [9.17, 15) is 8.42 Å². The Hall–Kier alpha value is -1.73. The second-order valence-electron chi connectivity index (χ2n) is 6.88. The van der Waals surface area contributed by atoms with Gasteiger partial charge in [0.2, 0.25) is 0 Å². The summed E-state index contributed by atoms with van der Waals surface area (Å²) in [7, 11) is -3.82. The van der Waals surface area contributed by atoms with Crippen LogP contribution in [0.1, 0.15) is 28.1 Å². The summed E-state index contributed by atoms with van der Waals surface area (Å²) in [6.45, 7) is 7.34. The van der Waals surface area contributed by atoms with E-state index < -0.39 is 10.0 Å². The summed E-state index contributed by atoms with van der Waals surface area (Å²) in [4.78, 5) is 0.181. The van der Waals surface area contributed by atoms with Crippen LogP contribution in [-0.2, 0) is 16.6 Å². The van der Waals surface area contributed by atoms with Crippen molar-refractivity contribution < 1.29 is 8.42 Å². The van der Waals surface area contributed by atoms with Gasteiger partial charge in [0.15, 0.2) is 0 Å². The number of sulfonamides is 1. The van der Waals surface area contributed by atoms with Crippen molar-refractivity contribution in [3.8, 4) is 0 Å². The maximum absolute atomic E-state index is 13.0. The Kier molecular flexibility index (Phi) is 6.20. The zero-order valence-electron chi connectivity index (χ0n) is 16.3. The minimum absolute atomic E-state index is 0.181. The molecule has 0 saturated carbocycles. The minimum Gasteiger partial charge on any atom is -0.276 e. The molecule has 0 spiro atoms. The van der Waals surface area contributed by atoms with Crippen LogP contribution < -0.4 is 4.72 Å². The summed E-state index contributed by atoms with van der Waals surface area (Å²) in [6.07, 6.45) is 0. The van der Waals surface area contributed by atoms with E-state index in [0.717, 1.165) is 5.56 Å². The molecule has 1 aromatic heterocycles. The maximum atomic E-state index is 13.0. The molecule has 0 aliphatic carbocycles. The second kappa shape index (κ2) is 8.19. The van der Waals surface area contributed by atoms with Gasteiger partial charge in [0.05, 0.1) is 28.5 Å². The van der Waals surface area contributed by atoms with Crippen LogP contribution in [0, 0.1) is 27.7 Å². The average molecular weight is 473 g/mol. The van der Waals surface area contributed by atoms with Crippen LogP contribution in [0.2, 0.25) is 15.1 Å². The Labute approximate surface area is 185 Å². The van der Waals surface area contributed by atoms with Gasteiger partial charge in [-0.1, -0.05) is 40.9 Å². The first-order valence-electron chi connectivity index (χ1n) is 8.77. The Morgan fingerprint density at radius 1 is 0.966 bits per heavy atom. The van der Waals surface area contributed by atoms with Gasteiger partial charge >= 0.3 is 0 Å². The molecule has 0 aliphatic rings. The fourth-order valence-corrected chi connectivity index (χ4v) is 5.29. The molecule has 0 unspecified atom stereocenters. The van der Waals surface area contributed by atoms with E-state index in [1.54, 1.807) is 62.7 Å². The van der Waals surface area contributed by atoms with E-state index in [0.29, 0.717) is 49.8 Å². The third-order valence-electron chi connectivity index (χ3n) is 4.73. The summed E-state index contributed by atoms with van der Waals surface area (Å²) >= 11 is 18.6. The van der Waals surface area contributed by atoms with Crippen LogP contribution in [-0.4, -0.2) is 18.2 Å². The molecule has 1 heterocycles. The van der Waals surface area contributed by atoms with Gasteiger partial charge in [-0.2, -0.15) is 5.10 Å². The first-order chi connectivity index (χ1) is 13.5. The summed E-state index contributed by atoms with van der Waals surface area (Å²) in [5.41, 5.74) is 3.62. The van der Waals surface area contributed by atoms with Crippen LogP contribution in [0.5, 0.6) is 0 Å². The zero-order valence-corrected chi connectivity index (χ0v) is 19.4. The lowest BCUT2D eigenvalue weighted by atomic mass is 10.2. The number of nitrogens with zero attached hydrogens (tertiary/aromatic N) is 2. The van der Waals surface area contributed by atoms with E-state index in [1.165, 1.54) is 0 Å². The highest BCUT2D eigenvalue weighted by atomic mass is 35.5. The van der Waals surface area contributed by atoms with Crippen molar-refractivity contribution in [3.05, 3.63) is 73.5 Å². The highest BCUT2D eigenvalue weighted by molar-refractivity contribution is 7.92. The van der Waals surface area contributed by atoms with Crippen molar-refractivity contribution in [2.24, 2.45) is 0 Å². The Morgan fingerprint density at radius 2 is 1.59 bits per heavy atom. The molecule has 5 nitrogen and oxygen atoms in total. The monoisotopic (exact) mass is 471 g/mol. The van der Waals surface area contributed by atoms with Crippen LogP contribution >= 0.6 is 34.8 Å². The molecule has 0 fully saturated rings. The van der Waals surface area contributed by atoms with E-state index in [-0.39, 0.29) is 4.90 Å². The lowest BCUT2D eigenvalue weighted by Crippen LogP contribution is -2.16. The van der Waals surface area contributed by atoms with Gasteiger partial charge in [0, 0.05) is 20.6 Å². The number of nitrogens with one attached hydrogen (secondary N) is 1. The number of anilines is 1. The number of hydrogen-bond acceptors (Lipinski definition) is 3. The molecule has 29 heavy (non-hydrogen) atoms. The van der Waals surface area contributed by atoms with Crippen molar-refractivity contribution in [3.63, 3.8) is 0 Å². The molecular weight excluding hydrogens is 453 g/mol. The summed E-state index contributed by atoms with van der Waals surface area (Å²) in [5.74, 6) is 0. The Morgan fingerprint density at radius 3 is 2.21 bits per heavy atom. The number of halogens is 3. The second-order valence-corrected chi connectivity index (χ2v) is 9.75. The third kappa shape index (κ3) is 4.40. The van der Waals surface area contributed by atoms with Gasteiger partial charge < -0.3 is 0 Å². The predicted octanol–water partition coefficient (Wildman–Crippen LogP) is 5.93. The van der Waals surface area contributed by atoms with Gasteiger partial charge in [0.25, 0.3) is 10.0 Å². The summed E-state index contributed by atoms with van der Waals surface area (Å²) < 4.78 is 30.4. The van der Waals surface area contributed by atoms with Crippen molar-refractivity contribution in [1.82, 2.24) is 9.78 Å². The highest BCUT2D eigenvalue weighted by Crippen LogP contribution is 2.30. The lowest BCUT2D eigenvalue weighted by molar-refractivity contribution is 0.600. The van der Waals surface area contributed by atoms with Gasteiger partial charge in [0.1, 0.15) is 0 Å². The molecule has 0 radical (unpaired) electrons. The molecule has 0 bridgehead atoms. The smallest absolute Gasteiger partial charge is 0.262 e. The molecule has 0 saturated heterocycles. The third-order valence-corrected chi connectivity index (χ3v) is 7.34. The molecule has 0 aliphatic heterocycles. The highest BCUT2D eigenvalue weighted by Gasteiger charge is 2.23. The molecule has 3 rings (SSSR count). The molecule has 154 valence electrons. The predicted molar refractivity (Wildman–Crippen MR) is 119 cm³/mol. The fourth-order valence-electron chi connectivity index (χ4n) is 3.07. The first kappa shape index (κ1) is 22.0. The lowest BCUT2D eigenvalue weighted by Gasteiger charge is -2.13. The summed E-state index contributed by atoms with van der Waals surface area (Å²) in [6, 6.07) is 8.49. The summed E-state index contributed by atoms with van der Waals surface area (Å²) in [5, 5.41) is 6.05. The van der Waals surface area contributed by atoms with E-state index >= 15 is 0 Å². The molecule has 0 atom stereocenters. The number of hydrogen-bond donors (Lipinski definition) is 1. The maximum Gasteiger partial charge on any atom is 0.262 e. The van der Waals surface area contributed by atoms with Gasteiger partial charge in [-0.05, 0) is 63.1 Å². The number of benzene rings is 2. The minimum atomic E-state index is -3.82. The quantitative estimate of drug-likeness (QED) is 0.501. The largest absolute Gasteiger partial charge is 0.276 e. The van der Waals surface area contributed by atoms with Gasteiger partial charge in [-0.3, -0.25) is 9.40 Å². The van der Waals surface area contributed by atoms with Crippen LogP contribution in [0.3, 0.4) is 0 Å². The van der Waals surface area contributed by atoms with Crippen LogP contribution in [0.4, 0.5) is 5.69 Å². The first-order valence-corrected chi connectivity index (χ1v) is 11.4. The molecular formula is C20H20Cl3N3O2S.